The van der Waals surface area contributed by atoms with Crippen LogP contribution in [0, 0.1) is 11.8 Å². The van der Waals surface area contributed by atoms with Crippen LogP contribution in [0.2, 0.25) is 0 Å². The standard InChI is InChI=1S/C18H22N4O5S/c1-9-14-13(10(2)23)17(24)22(14)15(18(25)26)16(9)28-12-5-19-8-21(7-12)6-11-3-4-20-27-11/h3-4,8-10,12-14,23H,5-7H2,1-2H3,(H,25,26)/t9-,10-,12?,13-,14?/m1/s1. The van der Waals surface area contributed by atoms with Crippen LogP contribution in [-0.4, -0.2) is 73.9 Å². The van der Waals surface area contributed by atoms with Gasteiger partial charge in [0.25, 0.3) is 0 Å². The zero-order chi connectivity index (χ0) is 20.0. The molecule has 1 aromatic rings. The quantitative estimate of drug-likeness (QED) is 0.665. The summed E-state index contributed by atoms with van der Waals surface area (Å²) in [5.41, 5.74) is 0.0562. The molecule has 4 heterocycles. The number of hydrogen-bond acceptors (Lipinski definition) is 8. The van der Waals surface area contributed by atoms with Crippen LogP contribution in [0.15, 0.2) is 32.4 Å². The highest BCUT2D eigenvalue weighted by molar-refractivity contribution is 8.03. The van der Waals surface area contributed by atoms with Crippen LogP contribution in [0.3, 0.4) is 0 Å². The molecule has 0 spiro atoms. The molecular weight excluding hydrogens is 384 g/mol. The molecule has 0 radical (unpaired) electrons. The Morgan fingerprint density at radius 1 is 1.50 bits per heavy atom. The molecule has 1 fully saturated rings. The Bertz CT molecular complexity index is 837. The van der Waals surface area contributed by atoms with Crippen molar-refractivity contribution in [3.8, 4) is 0 Å². The van der Waals surface area contributed by atoms with E-state index in [0.29, 0.717) is 24.5 Å². The number of carbonyl (C=O) groups is 2. The fraction of sp³-hybridized carbons (Fsp3) is 0.556. The van der Waals surface area contributed by atoms with Crippen molar-refractivity contribution in [2.24, 2.45) is 16.8 Å². The molecule has 150 valence electrons. The van der Waals surface area contributed by atoms with E-state index in [0.717, 1.165) is 5.76 Å². The zero-order valence-electron chi connectivity index (χ0n) is 15.6. The summed E-state index contributed by atoms with van der Waals surface area (Å²) in [6.07, 6.45) is 2.56. The Kier molecular flexibility index (Phi) is 4.92. The third-order valence-electron chi connectivity index (χ3n) is 5.45. The highest BCUT2D eigenvalue weighted by Gasteiger charge is 2.60. The monoisotopic (exact) mass is 406 g/mol. The number of aliphatic carboxylic acids is 1. The van der Waals surface area contributed by atoms with Crippen LogP contribution in [-0.2, 0) is 16.1 Å². The second-order valence-corrected chi connectivity index (χ2v) is 8.74. The van der Waals surface area contributed by atoms with Crippen molar-refractivity contribution in [2.75, 3.05) is 13.1 Å². The molecule has 2 N–H and O–H groups in total. The number of nitrogens with zero attached hydrogens (tertiary/aromatic N) is 4. The highest BCUT2D eigenvalue weighted by Crippen LogP contribution is 2.51. The van der Waals surface area contributed by atoms with Crippen molar-refractivity contribution in [2.45, 2.75) is 37.8 Å². The lowest BCUT2D eigenvalue weighted by atomic mass is 9.79. The summed E-state index contributed by atoms with van der Waals surface area (Å²) in [6, 6.07) is 1.50. The van der Waals surface area contributed by atoms with E-state index < -0.39 is 18.0 Å². The van der Waals surface area contributed by atoms with Gasteiger partial charge < -0.3 is 24.5 Å². The summed E-state index contributed by atoms with van der Waals surface area (Å²) >= 11 is 1.47. The minimum atomic E-state index is -1.10. The second-order valence-electron chi connectivity index (χ2n) is 7.40. The van der Waals surface area contributed by atoms with Gasteiger partial charge in [0.1, 0.15) is 5.70 Å². The van der Waals surface area contributed by atoms with E-state index in [2.05, 4.69) is 10.1 Å². The number of aliphatic hydroxyl groups is 1. The van der Waals surface area contributed by atoms with Crippen molar-refractivity contribution in [1.82, 2.24) is 15.0 Å². The summed E-state index contributed by atoms with van der Waals surface area (Å²) in [5, 5.41) is 23.4. The summed E-state index contributed by atoms with van der Waals surface area (Å²) < 4.78 is 5.14. The molecular formula is C18H22N4O5S. The van der Waals surface area contributed by atoms with Gasteiger partial charge in [-0.15, -0.1) is 11.8 Å². The van der Waals surface area contributed by atoms with Crippen molar-refractivity contribution in [3.63, 3.8) is 0 Å². The number of β-lactam (4-membered cyclic amide) rings is 1. The van der Waals surface area contributed by atoms with Gasteiger partial charge in [-0.25, -0.2) is 4.79 Å². The number of aromatic nitrogens is 1. The molecule has 3 aliphatic rings. The van der Waals surface area contributed by atoms with Gasteiger partial charge in [0.05, 0.1) is 43.7 Å². The van der Waals surface area contributed by atoms with Gasteiger partial charge in [-0.1, -0.05) is 12.1 Å². The largest absolute Gasteiger partial charge is 0.477 e. The van der Waals surface area contributed by atoms with E-state index in [-0.39, 0.29) is 28.8 Å². The van der Waals surface area contributed by atoms with Gasteiger partial charge in [-0.2, -0.15) is 0 Å². The molecule has 0 saturated carbocycles. The highest BCUT2D eigenvalue weighted by atomic mass is 32.2. The summed E-state index contributed by atoms with van der Waals surface area (Å²) in [6.45, 7) is 5.29. The summed E-state index contributed by atoms with van der Waals surface area (Å²) in [7, 11) is 0. The van der Waals surface area contributed by atoms with Gasteiger partial charge >= 0.3 is 5.97 Å². The van der Waals surface area contributed by atoms with Gasteiger partial charge in [-0.05, 0) is 6.92 Å². The molecule has 2 unspecified atom stereocenters. The molecule has 9 nitrogen and oxygen atoms in total. The van der Waals surface area contributed by atoms with Gasteiger partial charge in [0, 0.05) is 28.7 Å². The minimum Gasteiger partial charge on any atom is -0.477 e. The number of amides is 1. The number of rotatable bonds is 6. The fourth-order valence-corrected chi connectivity index (χ4v) is 5.65. The first-order valence-electron chi connectivity index (χ1n) is 9.17. The topological polar surface area (TPSA) is 119 Å². The van der Waals surface area contributed by atoms with E-state index in [1.165, 1.54) is 16.7 Å². The number of carbonyl (C=O) groups excluding carboxylic acids is 1. The first-order chi connectivity index (χ1) is 13.4. The van der Waals surface area contributed by atoms with E-state index in [1.807, 2.05) is 11.8 Å². The minimum absolute atomic E-state index is 0.0542. The average Bonchev–Trinajstić information content (AvgIpc) is 3.21. The van der Waals surface area contributed by atoms with Gasteiger partial charge in [0.2, 0.25) is 5.91 Å². The maximum absolute atomic E-state index is 12.4. The molecule has 0 bridgehead atoms. The van der Waals surface area contributed by atoms with Crippen LogP contribution in [0.4, 0.5) is 0 Å². The van der Waals surface area contributed by atoms with Crippen molar-refractivity contribution >= 4 is 30.0 Å². The third-order valence-corrected chi connectivity index (χ3v) is 6.90. The van der Waals surface area contributed by atoms with Crippen LogP contribution >= 0.6 is 11.8 Å². The number of carboxylic acid groups (broad SMARTS) is 1. The molecule has 1 aromatic heterocycles. The molecule has 1 amide bonds. The molecule has 3 aliphatic heterocycles. The molecule has 4 rings (SSSR count). The maximum Gasteiger partial charge on any atom is 0.353 e. The molecule has 10 heteroatoms. The smallest absolute Gasteiger partial charge is 0.353 e. The molecule has 0 aromatic carbocycles. The van der Waals surface area contributed by atoms with Crippen LogP contribution in [0.5, 0.6) is 0 Å². The fourth-order valence-electron chi connectivity index (χ4n) is 4.21. The van der Waals surface area contributed by atoms with Gasteiger partial charge in [-0.3, -0.25) is 9.79 Å². The Balaban J connectivity index is 1.51. The van der Waals surface area contributed by atoms with Gasteiger partial charge in [0.15, 0.2) is 5.76 Å². The Hall–Kier alpha value is -2.33. The normalized spacial score (nSPS) is 30.5. The third kappa shape index (κ3) is 3.10. The number of fused-ring (bicyclic) bond motifs is 1. The lowest BCUT2D eigenvalue weighted by Crippen LogP contribution is -2.63. The summed E-state index contributed by atoms with van der Waals surface area (Å²) in [4.78, 5) is 32.8. The predicted molar refractivity (Wildman–Crippen MR) is 101 cm³/mol. The maximum atomic E-state index is 12.4. The van der Waals surface area contributed by atoms with Crippen LogP contribution < -0.4 is 0 Å². The first kappa shape index (κ1) is 19.0. The molecule has 5 atom stereocenters. The number of carboxylic acids is 1. The number of thioether (sulfide) groups is 1. The number of aliphatic hydroxyl groups excluding tert-OH is 1. The van der Waals surface area contributed by atoms with E-state index in [9.17, 15) is 19.8 Å². The Morgan fingerprint density at radius 3 is 2.93 bits per heavy atom. The molecule has 0 aliphatic carbocycles. The van der Waals surface area contributed by atoms with Crippen LogP contribution in [0.25, 0.3) is 0 Å². The van der Waals surface area contributed by atoms with E-state index in [1.54, 1.807) is 25.5 Å². The van der Waals surface area contributed by atoms with Crippen molar-refractivity contribution in [3.05, 3.63) is 28.6 Å². The Morgan fingerprint density at radius 2 is 2.29 bits per heavy atom. The van der Waals surface area contributed by atoms with Crippen LogP contribution in [0.1, 0.15) is 19.6 Å². The second kappa shape index (κ2) is 7.25. The molecule has 1 saturated heterocycles. The Labute approximate surface area is 166 Å². The average molecular weight is 406 g/mol. The van der Waals surface area contributed by atoms with E-state index in [4.69, 9.17) is 4.52 Å². The summed E-state index contributed by atoms with van der Waals surface area (Å²) in [5.74, 6) is -1.37. The lowest BCUT2D eigenvalue weighted by molar-refractivity contribution is -0.163. The SMILES string of the molecule is C[C@H]1C(SC2CN=CN(Cc3ccno3)C2)=C(C(=O)O)N2C(=O)[C@H]([C@@H](C)O)C12. The predicted octanol–water partition coefficient (Wildman–Crippen LogP) is 0.774. The van der Waals surface area contributed by atoms with Crippen molar-refractivity contribution in [1.29, 1.82) is 0 Å². The first-order valence-corrected chi connectivity index (χ1v) is 10.0. The van der Waals surface area contributed by atoms with E-state index >= 15 is 0 Å². The molecule has 28 heavy (non-hydrogen) atoms. The number of hydrogen-bond donors (Lipinski definition) is 2. The lowest BCUT2D eigenvalue weighted by Gasteiger charge is -2.46. The zero-order valence-corrected chi connectivity index (χ0v) is 16.4. The van der Waals surface area contributed by atoms with Crippen molar-refractivity contribution < 1.29 is 24.3 Å². The number of aliphatic imine (C=N–C) groups is 1.